The lowest BCUT2D eigenvalue weighted by Crippen LogP contribution is -2.48. The van der Waals surface area contributed by atoms with E-state index in [4.69, 9.17) is 0 Å². The van der Waals surface area contributed by atoms with Gasteiger partial charge in [0.1, 0.15) is 0 Å². The maximum Gasteiger partial charge on any atom is 0.318 e. The third-order valence-corrected chi connectivity index (χ3v) is 3.64. The summed E-state index contributed by atoms with van der Waals surface area (Å²) in [4.78, 5) is 14.6. The average Bonchev–Trinajstić information content (AvgIpc) is 2.54. The Morgan fingerprint density at radius 2 is 1.56 bits per heavy atom. The number of rotatable bonds is 5. The van der Waals surface area contributed by atoms with E-state index >= 15 is 0 Å². The minimum absolute atomic E-state index is 0.0443. The van der Waals surface area contributed by atoms with Crippen molar-refractivity contribution in [2.45, 2.75) is 39.8 Å². The molecule has 2 aromatic rings. The van der Waals surface area contributed by atoms with Crippen LogP contribution in [0.3, 0.4) is 0 Å². The van der Waals surface area contributed by atoms with Gasteiger partial charge in [0.2, 0.25) is 0 Å². The summed E-state index contributed by atoms with van der Waals surface area (Å²) in [5, 5.41) is 3.07. The Kier molecular flexibility index (Phi) is 6.40. The number of carbonyl (C=O) groups is 1. The predicted octanol–water partition coefficient (Wildman–Crippen LogP) is 5.10. The summed E-state index contributed by atoms with van der Waals surface area (Å²) in [6.07, 6.45) is 2.13. The zero-order valence-corrected chi connectivity index (χ0v) is 15.6. The molecule has 3 nitrogen and oxygen atoms in total. The average molecular weight is 336 g/mol. The zero-order valence-electron chi connectivity index (χ0n) is 15.6. The van der Waals surface area contributed by atoms with Crippen molar-refractivity contribution in [1.29, 1.82) is 0 Å². The number of urea groups is 1. The van der Waals surface area contributed by atoms with Crippen LogP contribution in [0, 0.1) is 0 Å². The zero-order chi connectivity index (χ0) is 18.3. The van der Waals surface area contributed by atoms with E-state index in [9.17, 15) is 4.79 Å². The van der Waals surface area contributed by atoms with Crippen LogP contribution in [0.15, 0.2) is 66.2 Å². The van der Waals surface area contributed by atoms with Crippen LogP contribution in [0.25, 0.3) is 6.08 Å². The van der Waals surface area contributed by atoms with Gasteiger partial charge in [0.05, 0.1) is 0 Å². The lowest BCUT2D eigenvalue weighted by Gasteiger charge is -2.29. The second-order valence-electron chi connectivity index (χ2n) is 7.42. The number of benzene rings is 2. The van der Waals surface area contributed by atoms with Gasteiger partial charge in [-0.25, -0.2) is 4.79 Å². The second kappa shape index (κ2) is 8.52. The van der Waals surface area contributed by atoms with Gasteiger partial charge in [-0.3, -0.25) is 0 Å². The van der Waals surface area contributed by atoms with E-state index in [1.165, 1.54) is 0 Å². The highest BCUT2D eigenvalue weighted by molar-refractivity contribution is 5.75. The lowest BCUT2D eigenvalue weighted by molar-refractivity contribution is 0.190. The minimum Gasteiger partial charge on any atom is -0.333 e. The van der Waals surface area contributed by atoms with Crippen molar-refractivity contribution >= 4 is 12.1 Å². The molecule has 3 heteroatoms. The van der Waals surface area contributed by atoms with Crippen LogP contribution in [0.5, 0.6) is 0 Å². The van der Waals surface area contributed by atoms with Crippen molar-refractivity contribution < 1.29 is 4.79 Å². The Morgan fingerprint density at radius 1 is 1.00 bits per heavy atom. The van der Waals surface area contributed by atoms with E-state index < -0.39 is 0 Å². The Bertz CT molecular complexity index is 700. The molecule has 0 fully saturated rings. The molecule has 0 radical (unpaired) electrons. The van der Waals surface area contributed by atoms with Gasteiger partial charge in [0, 0.05) is 18.6 Å². The third kappa shape index (κ3) is 6.84. The highest BCUT2D eigenvalue weighted by Crippen LogP contribution is 2.12. The monoisotopic (exact) mass is 336 g/mol. The van der Waals surface area contributed by atoms with Crippen molar-refractivity contribution in [2.24, 2.45) is 0 Å². The predicted molar refractivity (Wildman–Crippen MR) is 105 cm³/mol. The molecule has 2 rings (SSSR count). The lowest BCUT2D eigenvalue weighted by atomic mass is 10.1. The number of hydrogen-bond acceptors (Lipinski definition) is 1. The Hall–Kier alpha value is -2.55. The van der Waals surface area contributed by atoms with Crippen LogP contribution < -0.4 is 5.32 Å². The van der Waals surface area contributed by atoms with E-state index in [0.29, 0.717) is 13.1 Å². The highest BCUT2D eigenvalue weighted by atomic mass is 16.2. The molecule has 0 spiro atoms. The maximum atomic E-state index is 12.7. The topological polar surface area (TPSA) is 32.3 Å². The molecule has 132 valence electrons. The number of amides is 2. The van der Waals surface area contributed by atoms with Crippen molar-refractivity contribution in [3.8, 4) is 0 Å². The number of nitrogens with one attached hydrogen (secondary N) is 1. The van der Waals surface area contributed by atoms with Crippen LogP contribution in [-0.2, 0) is 6.54 Å². The van der Waals surface area contributed by atoms with E-state index in [-0.39, 0.29) is 11.6 Å². The SMILES string of the molecule is C/C(=C\c1ccccc1)CN(Cc1ccccc1)C(=O)NC(C)(C)C. The fourth-order valence-corrected chi connectivity index (χ4v) is 2.58. The third-order valence-electron chi connectivity index (χ3n) is 3.64. The summed E-state index contributed by atoms with van der Waals surface area (Å²) >= 11 is 0. The molecule has 0 aliphatic rings. The Balaban J connectivity index is 2.15. The number of carbonyl (C=O) groups excluding carboxylic acids is 1. The fourth-order valence-electron chi connectivity index (χ4n) is 2.58. The van der Waals surface area contributed by atoms with Gasteiger partial charge in [-0.05, 0) is 38.8 Å². The second-order valence-corrected chi connectivity index (χ2v) is 7.42. The van der Waals surface area contributed by atoms with Gasteiger partial charge in [0.25, 0.3) is 0 Å². The van der Waals surface area contributed by atoms with E-state index in [1.807, 2.05) is 74.2 Å². The summed E-state index contributed by atoms with van der Waals surface area (Å²) in [6, 6.07) is 20.2. The van der Waals surface area contributed by atoms with Crippen LogP contribution in [0.1, 0.15) is 38.8 Å². The van der Waals surface area contributed by atoms with Crippen molar-refractivity contribution in [1.82, 2.24) is 10.2 Å². The quantitative estimate of drug-likeness (QED) is 0.809. The van der Waals surface area contributed by atoms with Gasteiger partial charge >= 0.3 is 6.03 Å². The molecule has 0 heterocycles. The Labute approximate surface area is 151 Å². The van der Waals surface area contributed by atoms with Gasteiger partial charge < -0.3 is 10.2 Å². The van der Waals surface area contributed by atoms with Crippen LogP contribution in [-0.4, -0.2) is 23.0 Å². The summed E-state index contributed by atoms with van der Waals surface area (Å²) in [6.45, 7) is 9.23. The normalized spacial score (nSPS) is 11.9. The number of nitrogens with zero attached hydrogens (tertiary/aromatic N) is 1. The summed E-state index contributed by atoms with van der Waals surface area (Å²) in [5.74, 6) is 0. The Morgan fingerprint density at radius 3 is 2.12 bits per heavy atom. The maximum absolute atomic E-state index is 12.7. The largest absolute Gasteiger partial charge is 0.333 e. The molecule has 0 unspecified atom stereocenters. The summed E-state index contributed by atoms with van der Waals surface area (Å²) < 4.78 is 0. The summed E-state index contributed by atoms with van der Waals surface area (Å²) in [5.41, 5.74) is 3.16. The summed E-state index contributed by atoms with van der Waals surface area (Å²) in [7, 11) is 0. The van der Waals surface area contributed by atoms with Crippen LogP contribution >= 0.6 is 0 Å². The smallest absolute Gasteiger partial charge is 0.318 e. The number of hydrogen-bond donors (Lipinski definition) is 1. The molecule has 0 aliphatic carbocycles. The van der Waals surface area contributed by atoms with Gasteiger partial charge in [0.15, 0.2) is 0 Å². The molecule has 1 N–H and O–H groups in total. The first-order valence-electron chi connectivity index (χ1n) is 8.67. The van der Waals surface area contributed by atoms with E-state index in [2.05, 4.69) is 30.4 Å². The highest BCUT2D eigenvalue weighted by Gasteiger charge is 2.20. The van der Waals surface area contributed by atoms with Crippen molar-refractivity contribution in [3.05, 3.63) is 77.4 Å². The van der Waals surface area contributed by atoms with Crippen molar-refractivity contribution in [3.63, 3.8) is 0 Å². The first-order chi connectivity index (χ1) is 11.8. The van der Waals surface area contributed by atoms with E-state index in [0.717, 1.165) is 16.7 Å². The molecule has 0 aromatic heterocycles. The molecule has 0 saturated carbocycles. The molecule has 0 saturated heterocycles. The molecule has 0 aliphatic heterocycles. The molecular weight excluding hydrogens is 308 g/mol. The first-order valence-corrected chi connectivity index (χ1v) is 8.67. The van der Waals surface area contributed by atoms with Gasteiger partial charge in [-0.1, -0.05) is 72.3 Å². The molecule has 0 bridgehead atoms. The van der Waals surface area contributed by atoms with Gasteiger partial charge in [-0.2, -0.15) is 0 Å². The molecular formula is C22H28N2O. The molecule has 0 atom stereocenters. The molecule has 2 amide bonds. The van der Waals surface area contributed by atoms with Crippen molar-refractivity contribution in [2.75, 3.05) is 6.54 Å². The molecule has 2 aromatic carbocycles. The van der Waals surface area contributed by atoms with Crippen LogP contribution in [0.2, 0.25) is 0 Å². The van der Waals surface area contributed by atoms with Crippen LogP contribution in [0.4, 0.5) is 4.79 Å². The minimum atomic E-state index is -0.261. The van der Waals surface area contributed by atoms with E-state index in [1.54, 1.807) is 0 Å². The fraction of sp³-hybridized carbons (Fsp3) is 0.318. The first kappa shape index (κ1) is 18.8. The van der Waals surface area contributed by atoms with Gasteiger partial charge in [-0.15, -0.1) is 0 Å². The molecule has 25 heavy (non-hydrogen) atoms. The standard InChI is InChI=1S/C22H28N2O/c1-18(15-19-11-7-5-8-12-19)16-24(21(25)23-22(2,3)4)17-20-13-9-6-10-14-20/h5-15H,16-17H2,1-4H3,(H,23,25)/b18-15+.